The molecule has 0 radical (unpaired) electrons. The smallest absolute Gasteiger partial charge is 0.236 e. The third kappa shape index (κ3) is 3.01. The van der Waals surface area contributed by atoms with E-state index in [9.17, 15) is 4.79 Å². The highest BCUT2D eigenvalue weighted by molar-refractivity contribution is 6.30. The third-order valence-electron chi connectivity index (χ3n) is 4.96. The van der Waals surface area contributed by atoms with E-state index < -0.39 is 5.41 Å². The van der Waals surface area contributed by atoms with Crippen molar-refractivity contribution in [3.63, 3.8) is 0 Å². The van der Waals surface area contributed by atoms with Crippen LogP contribution in [-0.2, 0) is 16.6 Å². The number of aromatic nitrogens is 1. The summed E-state index contributed by atoms with van der Waals surface area (Å²) in [5.41, 5.74) is 2.98. The topological polar surface area (TPSA) is 55.1 Å². The minimum absolute atomic E-state index is 0.0191. The molecule has 1 aliphatic carbocycles. The van der Waals surface area contributed by atoms with Crippen molar-refractivity contribution in [2.75, 3.05) is 5.32 Å². The summed E-state index contributed by atoms with van der Waals surface area (Å²) < 4.78 is 5.49. The zero-order valence-electron chi connectivity index (χ0n) is 14.5. The van der Waals surface area contributed by atoms with Gasteiger partial charge in [-0.2, -0.15) is 0 Å². The van der Waals surface area contributed by atoms with Gasteiger partial charge in [-0.05, 0) is 55.2 Å². The molecular weight excluding hydrogens is 348 g/mol. The van der Waals surface area contributed by atoms with E-state index in [1.54, 1.807) is 12.1 Å². The largest absolute Gasteiger partial charge is 0.356 e. The van der Waals surface area contributed by atoms with Gasteiger partial charge >= 0.3 is 0 Å². The van der Waals surface area contributed by atoms with E-state index >= 15 is 0 Å². The Morgan fingerprint density at radius 3 is 2.62 bits per heavy atom. The summed E-state index contributed by atoms with van der Waals surface area (Å²) in [6.45, 7) is 2.08. The Hall–Kier alpha value is -2.59. The fourth-order valence-electron chi connectivity index (χ4n) is 3.17. The maximum Gasteiger partial charge on any atom is 0.236 e. The molecule has 4 nitrogen and oxygen atoms in total. The maximum absolute atomic E-state index is 12.9. The van der Waals surface area contributed by atoms with Crippen LogP contribution in [-0.4, -0.2) is 11.1 Å². The van der Waals surface area contributed by atoms with Crippen molar-refractivity contribution in [2.24, 2.45) is 0 Å². The number of nitrogens with one attached hydrogen (secondary N) is 1. The van der Waals surface area contributed by atoms with Crippen molar-refractivity contribution >= 4 is 23.2 Å². The van der Waals surface area contributed by atoms with E-state index in [-0.39, 0.29) is 5.91 Å². The van der Waals surface area contributed by atoms with Crippen LogP contribution in [0.1, 0.15) is 31.0 Å². The number of para-hydroxylation sites is 1. The summed E-state index contributed by atoms with van der Waals surface area (Å²) in [6.07, 6.45) is 2.42. The van der Waals surface area contributed by atoms with Gasteiger partial charge in [0, 0.05) is 22.3 Å². The highest BCUT2D eigenvalue weighted by Crippen LogP contribution is 2.49. The molecule has 3 aromatic rings. The predicted octanol–water partition coefficient (Wildman–Crippen LogP) is 5.23. The minimum Gasteiger partial charge on any atom is -0.356 e. The molecule has 0 aliphatic heterocycles. The van der Waals surface area contributed by atoms with Crippen LogP contribution in [0.2, 0.25) is 5.02 Å². The number of halogens is 1. The number of amides is 1. The SMILES string of the molecule is CCc1ccccc1NC(=O)C1(c2cc(-c3ccc(Cl)cc3)on2)CC1. The third-order valence-corrected chi connectivity index (χ3v) is 5.21. The number of nitrogens with zero attached hydrogens (tertiary/aromatic N) is 1. The Labute approximate surface area is 157 Å². The molecule has 4 rings (SSSR count). The zero-order chi connectivity index (χ0) is 18.1. The normalized spacial score (nSPS) is 14.8. The number of hydrogen-bond donors (Lipinski definition) is 1. The lowest BCUT2D eigenvalue weighted by atomic mass is 9.99. The predicted molar refractivity (Wildman–Crippen MR) is 102 cm³/mol. The Balaban J connectivity index is 1.57. The molecule has 0 saturated heterocycles. The van der Waals surface area contributed by atoms with E-state index in [4.69, 9.17) is 16.1 Å². The van der Waals surface area contributed by atoms with E-state index in [0.29, 0.717) is 16.5 Å². The summed E-state index contributed by atoms with van der Waals surface area (Å²) in [6, 6.07) is 17.1. The molecule has 0 spiro atoms. The summed E-state index contributed by atoms with van der Waals surface area (Å²) in [5, 5.41) is 7.93. The van der Waals surface area contributed by atoms with Crippen LogP contribution >= 0.6 is 11.6 Å². The fraction of sp³-hybridized carbons (Fsp3) is 0.238. The number of anilines is 1. The standard InChI is InChI=1S/C21H19ClN2O2/c1-2-14-5-3-4-6-17(14)23-20(25)21(11-12-21)19-13-18(26-24-19)15-7-9-16(22)10-8-15/h3-10,13H,2,11-12H2,1H3,(H,23,25). The van der Waals surface area contributed by atoms with Crippen LogP contribution in [0.4, 0.5) is 5.69 Å². The molecule has 1 saturated carbocycles. The van der Waals surface area contributed by atoms with Gasteiger partial charge in [-0.3, -0.25) is 4.79 Å². The van der Waals surface area contributed by atoms with Crippen LogP contribution in [0.5, 0.6) is 0 Å². The van der Waals surface area contributed by atoms with Gasteiger partial charge in [0.1, 0.15) is 0 Å². The molecular formula is C21H19ClN2O2. The number of carbonyl (C=O) groups is 1. The number of rotatable bonds is 5. The van der Waals surface area contributed by atoms with Crippen molar-refractivity contribution in [1.82, 2.24) is 5.16 Å². The van der Waals surface area contributed by atoms with Gasteiger partial charge in [-0.25, -0.2) is 0 Å². The van der Waals surface area contributed by atoms with Crippen LogP contribution < -0.4 is 5.32 Å². The van der Waals surface area contributed by atoms with Gasteiger partial charge < -0.3 is 9.84 Å². The quantitative estimate of drug-likeness (QED) is 0.672. The Bertz CT molecular complexity index is 943. The Morgan fingerprint density at radius 1 is 1.19 bits per heavy atom. The van der Waals surface area contributed by atoms with E-state index in [0.717, 1.165) is 36.1 Å². The first-order valence-electron chi connectivity index (χ1n) is 8.75. The van der Waals surface area contributed by atoms with Gasteiger partial charge in [0.05, 0.1) is 11.1 Å². The molecule has 2 aromatic carbocycles. The van der Waals surface area contributed by atoms with Gasteiger partial charge in [-0.1, -0.05) is 41.9 Å². The molecule has 1 fully saturated rings. The van der Waals surface area contributed by atoms with Crippen LogP contribution in [0, 0.1) is 0 Å². The Morgan fingerprint density at radius 2 is 1.92 bits per heavy atom. The lowest BCUT2D eigenvalue weighted by Crippen LogP contribution is -2.28. The summed E-state index contributed by atoms with van der Waals surface area (Å²) in [4.78, 5) is 12.9. The molecule has 1 N–H and O–H groups in total. The first-order chi connectivity index (χ1) is 12.6. The molecule has 1 aromatic heterocycles. The average Bonchev–Trinajstić information content (AvgIpc) is 3.33. The Kier molecular flexibility index (Phi) is 4.29. The molecule has 0 bridgehead atoms. The van der Waals surface area contributed by atoms with E-state index in [1.807, 2.05) is 42.5 Å². The number of carbonyl (C=O) groups excluding carboxylic acids is 1. The second-order valence-electron chi connectivity index (χ2n) is 6.63. The number of aryl methyl sites for hydroxylation is 1. The van der Waals surface area contributed by atoms with Crippen molar-refractivity contribution in [2.45, 2.75) is 31.6 Å². The number of benzene rings is 2. The lowest BCUT2D eigenvalue weighted by Gasteiger charge is -2.14. The van der Waals surface area contributed by atoms with Gasteiger partial charge in [-0.15, -0.1) is 0 Å². The molecule has 0 atom stereocenters. The van der Waals surface area contributed by atoms with Gasteiger partial charge in [0.2, 0.25) is 5.91 Å². The molecule has 1 amide bonds. The lowest BCUT2D eigenvalue weighted by molar-refractivity contribution is -0.118. The van der Waals surface area contributed by atoms with Gasteiger partial charge in [0.25, 0.3) is 0 Å². The molecule has 1 heterocycles. The summed E-state index contributed by atoms with van der Waals surface area (Å²) in [5.74, 6) is 0.624. The van der Waals surface area contributed by atoms with Crippen molar-refractivity contribution in [3.8, 4) is 11.3 Å². The van der Waals surface area contributed by atoms with E-state index in [2.05, 4.69) is 17.4 Å². The van der Waals surface area contributed by atoms with Gasteiger partial charge in [0.15, 0.2) is 5.76 Å². The van der Waals surface area contributed by atoms with Crippen molar-refractivity contribution < 1.29 is 9.32 Å². The fourth-order valence-corrected chi connectivity index (χ4v) is 3.29. The van der Waals surface area contributed by atoms with E-state index in [1.165, 1.54) is 0 Å². The molecule has 1 aliphatic rings. The highest BCUT2D eigenvalue weighted by atomic mass is 35.5. The molecule has 0 unspecified atom stereocenters. The van der Waals surface area contributed by atoms with Crippen LogP contribution in [0.25, 0.3) is 11.3 Å². The van der Waals surface area contributed by atoms with Crippen LogP contribution in [0.15, 0.2) is 59.1 Å². The second kappa shape index (κ2) is 6.61. The zero-order valence-corrected chi connectivity index (χ0v) is 15.2. The average molecular weight is 367 g/mol. The molecule has 5 heteroatoms. The van der Waals surface area contributed by atoms with Crippen molar-refractivity contribution in [3.05, 3.63) is 70.9 Å². The maximum atomic E-state index is 12.9. The molecule has 26 heavy (non-hydrogen) atoms. The highest BCUT2D eigenvalue weighted by Gasteiger charge is 2.54. The second-order valence-corrected chi connectivity index (χ2v) is 7.07. The van der Waals surface area contributed by atoms with Crippen LogP contribution in [0.3, 0.4) is 0 Å². The summed E-state index contributed by atoms with van der Waals surface area (Å²) in [7, 11) is 0. The first kappa shape index (κ1) is 16.9. The summed E-state index contributed by atoms with van der Waals surface area (Å²) >= 11 is 5.93. The molecule has 132 valence electrons. The monoisotopic (exact) mass is 366 g/mol. The number of hydrogen-bond acceptors (Lipinski definition) is 3. The van der Waals surface area contributed by atoms with Crippen molar-refractivity contribution in [1.29, 1.82) is 0 Å². The minimum atomic E-state index is -0.588. The first-order valence-corrected chi connectivity index (χ1v) is 9.13.